The fourth-order valence-corrected chi connectivity index (χ4v) is 2.78. The quantitative estimate of drug-likeness (QED) is 0.758. The van der Waals surface area contributed by atoms with E-state index in [0.29, 0.717) is 11.3 Å². The van der Waals surface area contributed by atoms with Gasteiger partial charge >= 0.3 is 0 Å². The lowest BCUT2D eigenvalue weighted by Gasteiger charge is -2.09. The van der Waals surface area contributed by atoms with Crippen molar-refractivity contribution in [3.8, 4) is 0 Å². The van der Waals surface area contributed by atoms with E-state index in [4.69, 9.17) is 4.52 Å². The van der Waals surface area contributed by atoms with Gasteiger partial charge < -0.3 is 14.9 Å². The van der Waals surface area contributed by atoms with E-state index in [1.54, 1.807) is 0 Å². The second-order valence-electron chi connectivity index (χ2n) is 4.68. The summed E-state index contributed by atoms with van der Waals surface area (Å²) in [5, 5.41) is 21.1. The molecule has 1 atom stereocenters. The van der Waals surface area contributed by atoms with E-state index >= 15 is 0 Å². The van der Waals surface area contributed by atoms with E-state index in [2.05, 4.69) is 10.5 Å². The molecule has 0 aliphatic carbocycles. The Kier molecular flexibility index (Phi) is 3.98. The molecule has 3 aromatic rings. The molecule has 0 saturated carbocycles. The summed E-state index contributed by atoms with van der Waals surface area (Å²) in [4.78, 5) is 11.9. The summed E-state index contributed by atoms with van der Waals surface area (Å²) in [7, 11) is 0. The minimum absolute atomic E-state index is 0.132. The molecule has 2 heterocycles. The van der Waals surface area contributed by atoms with Crippen LogP contribution in [0.5, 0.6) is 0 Å². The van der Waals surface area contributed by atoms with Crippen molar-refractivity contribution < 1.29 is 14.4 Å². The van der Waals surface area contributed by atoms with Gasteiger partial charge in [0.2, 0.25) is 5.91 Å². The number of aromatic nitrogens is 1. The van der Waals surface area contributed by atoms with Gasteiger partial charge in [0.25, 0.3) is 0 Å². The Hall–Kier alpha value is -2.18. The molecule has 0 radical (unpaired) electrons. The lowest BCUT2D eigenvalue weighted by molar-refractivity contribution is -0.121. The van der Waals surface area contributed by atoms with Crippen molar-refractivity contribution in [1.82, 2.24) is 10.5 Å². The van der Waals surface area contributed by atoms with Gasteiger partial charge in [0.1, 0.15) is 5.69 Å². The number of aliphatic hydroxyl groups excluding tert-OH is 1. The van der Waals surface area contributed by atoms with Crippen LogP contribution in [0.25, 0.3) is 11.0 Å². The second kappa shape index (κ2) is 6.07. The highest BCUT2D eigenvalue weighted by molar-refractivity contribution is 7.07. The van der Waals surface area contributed by atoms with E-state index in [9.17, 15) is 9.90 Å². The highest BCUT2D eigenvalue weighted by atomic mass is 32.1. The number of fused-ring (bicyclic) bond motifs is 1. The number of carbonyl (C=O) groups is 1. The van der Waals surface area contributed by atoms with Crippen LogP contribution < -0.4 is 5.32 Å². The second-order valence-corrected chi connectivity index (χ2v) is 5.46. The number of para-hydroxylation sites is 1. The molecule has 0 aliphatic heterocycles. The third kappa shape index (κ3) is 3.12. The first-order valence-corrected chi connectivity index (χ1v) is 7.48. The first-order chi connectivity index (χ1) is 10.2. The molecule has 0 bridgehead atoms. The zero-order valence-corrected chi connectivity index (χ0v) is 12.0. The molecule has 0 fully saturated rings. The maximum absolute atomic E-state index is 11.9. The molecule has 0 spiro atoms. The van der Waals surface area contributed by atoms with Crippen LogP contribution in [-0.4, -0.2) is 22.7 Å². The zero-order chi connectivity index (χ0) is 14.7. The molecule has 0 saturated heterocycles. The molecule has 0 aliphatic rings. The maximum Gasteiger partial charge on any atom is 0.226 e. The van der Waals surface area contributed by atoms with Crippen molar-refractivity contribution in [3.05, 3.63) is 52.3 Å². The Morgan fingerprint density at radius 3 is 3.05 bits per heavy atom. The normalized spacial score (nSPS) is 12.4. The molecule has 6 heteroatoms. The number of nitrogens with zero attached hydrogens (tertiary/aromatic N) is 1. The lowest BCUT2D eigenvalue weighted by Crippen LogP contribution is -2.29. The number of carbonyl (C=O) groups excluding carboxylic acids is 1. The summed E-state index contributed by atoms with van der Waals surface area (Å²) in [5.74, 6) is -0.191. The SMILES string of the molecule is O=C(Cc1noc2ccccc12)NCC(O)c1ccsc1. The molecule has 5 nitrogen and oxygen atoms in total. The van der Waals surface area contributed by atoms with E-state index < -0.39 is 6.10 Å². The van der Waals surface area contributed by atoms with Crippen LogP contribution in [0.1, 0.15) is 17.4 Å². The number of rotatable bonds is 5. The van der Waals surface area contributed by atoms with Crippen molar-refractivity contribution >= 4 is 28.2 Å². The van der Waals surface area contributed by atoms with Crippen molar-refractivity contribution in [3.63, 3.8) is 0 Å². The Labute approximate surface area is 125 Å². The molecular weight excluding hydrogens is 288 g/mol. The number of hydrogen-bond acceptors (Lipinski definition) is 5. The number of amides is 1. The fraction of sp³-hybridized carbons (Fsp3) is 0.200. The first-order valence-electron chi connectivity index (χ1n) is 6.54. The Morgan fingerprint density at radius 2 is 2.24 bits per heavy atom. The van der Waals surface area contributed by atoms with Crippen LogP contribution in [0.3, 0.4) is 0 Å². The first kappa shape index (κ1) is 13.8. The van der Waals surface area contributed by atoms with Gasteiger partial charge in [0.05, 0.1) is 12.5 Å². The van der Waals surface area contributed by atoms with Gasteiger partial charge in [0, 0.05) is 11.9 Å². The van der Waals surface area contributed by atoms with Crippen LogP contribution in [0.4, 0.5) is 0 Å². The summed E-state index contributed by atoms with van der Waals surface area (Å²) in [6.45, 7) is 0.186. The summed E-state index contributed by atoms with van der Waals surface area (Å²) in [6.07, 6.45) is -0.554. The van der Waals surface area contributed by atoms with Crippen molar-refractivity contribution in [2.75, 3.05) is 6.54 Å². The Bertz CT molecular complexity index is 736. The molecule has 3 rings (SSSR count). The van der Waals surface area contributed by atoms with E-state index in [-0.39, 0.29) is 18.9 Å². The minimum atomic E-state index is -0.686. The van der Waals surface area contributed by atoms with Crippen LogP contribution in [-0.2, 0) is 11.2 Å². The molecular formula is C15H14N2O3S. The number of hydrogen-bond donors (Lipinski definition) is 2. The van der Waals surface area contributed by atoms with Crippen molar-refractivity contribution in [2.24, 2.45) is 0 Å². The molecule has 1 unspecified atom stereocenters. The van der Waals surface area contributed by atoms with Crippen molar-refractivity contribution in [2.45, 2.75) is 12.5 Å². The van der Waals surface area contributed by atoms with E-state index in [1.165, 1.54) is 11.3 Å². The Morgan fingerprint density at radius 1 is 1.38 bits per heavy atom. The number of benzene rings is 1. The van der Waals surface area contributed by atoms with Crippen LogP contribution in [0.15, 0.2) is 45.6 Å². The smallest absolute Gasteiger partial charge is 0.226 e. The number of aliphatic hydroxyl groups is 1. The average molecular weight is 302 g/mol. The van der Waals surface area contributed by atoms with Gasteiger partial charge in [-0.05, 0) is 34.5 Å². The topological polar surface area (TPSA) is 75.4 Å². The van der Waals surface area contributed by atoms with E-state index in [1.807, 2.05) is 41.1 Å². The van der Waals surface area contributed by atoms with Crippen LogP contribution >= 0.6 is 11.3 Å². The molecule has 2 N–H and O–H groups in total. The molecule has 108 valence electrons. The minimum Gasteiger partial charge on any atom is -0.387 e. The largest absolute Gasteiger partial charge is 0.387 e. The van der Waals surface area contributed by atoms with E-state index in [0.717, 1.165) is 10.9 Å². The van der Waals surface area contributed by atoms with Crippen LogP contribution in [0, 0.1) is 0 Å². The zero-order valence-electron chi connectivity index (χ0n) is 11.2. The average Bonchev–Trinajstić information content (AvgIpc) is 3.15. The van der Waals surface area contributed by atoms with Gasteiger partial charge in [-0.25, -0.2) is 0 Å². The lowest BCUT2D eigenvalue weighted by atomic mass is 10.1. The third-order valence-corrected chi connectivity index (χ3v) is 3.90. The Balaban J connectivity index is 1.59. The predicted molar refractivity (Wildman–Crippen MR) is 80.0 cm³/mol. The number of nitrogens with one attached hydrogen (secondary N) is 1. The van der Waals surface area contributed by atoms with Crippen molar-refractivity contribution in [1.29, 1.82) is 0 Å². The standard InChI is InChI=1S/C15H14N2O3S/c18-13(10-5-6-21-9-10)8-16-15(19)7-12-11-3-1-2-4-14(11)20-17-12/h1-6,9,13,18H,7-8H2,(H,16,19). The maximum atomic E-state index is 11.9. The summed E-state index contributed by atoms with van der Waals surface area (Å²) in [6, 6.07) is 9.25. The van der Waals surface area contributed by atoms with Gasteiger partial charge in [-0.1, -0.05) is 17.3 Å². The highest BCUT2D eigenvalue weighted by Crippen LogP contribution is 2.18. The monoisotopic (exact) mass is 302 g/mol. The van der Waals surface area contributed by atoms with Gasteiger partial charge in [-0.15, -0.1) is 0 Å². The number of thiophene rings is 1. The van der Waals surface area contributed by atoms with Gasteiger partial charge in [-0.3, -0.25) is 4.79 Å². The molecule has 1 aromatic carbocycles. The highest BCUT2D eigenvalue weighted by Gasteiger charge is 2.14. The predicted octanol–water partition coefficient (Wildman–Crippen LogP) is 2.28. The molecule has 2 aromatic heterocycles. The summed E-state index contributed by atoms with van der Waals surface area (Å²) < 4.78 is 5.16. The van der Waals surface area contributed by atoms with Crippen LogP contribution in [0.2, 0.25) is 0 Å². The molecule has 1 amide bonds. The summed E-state index contributed by atoms with van der Waals surface area (Å²) >= 11 is 1.51. The van der Waals surface area contributed by atoms with Gasteiger partial charge in [0.15, 0.2) is 5.58 Å². The fourth-order valence-electron chi connectivity index (χ4n) is 2.07. The summed E-state index contributed by atoms with van der Waals surface area (Å²) in [5.41, 5.74) is 2.08. The molecule has 21 heavy (non-hydrogen) atoms. The third-order valence-electron chi connectivity index (χ3n) is 3.20. The van der Waals surface area contributed by atoms with Gasteiger partial charge in [-0.2, -0.15) is 11.3 Å².